The average molecular weight is 431 g/mol. The number of ether oxygens (including phenoxy) is 2. The van der Waals surface area contributed by atoms with Crippen LogP contribution in [0, 0.1) is 0 Å². The minimum absolute atomic E-state index is 0. The number of rotatable bonds is 8. The molecule has 0 spiro atoms. The van der Waals surface area contributed by atoms with Gasteiger partial charge in [0.1, 0.15) is 11.5 Å². The number of hydrogen-bond donors (Lipinski definition) is 1. The van der Waals surface area contributed by atoms with E-state index < -0.39 is 0 Å². The smallest absolute Gasteiger partial charge is 0.126 e. The summed E-state index contributed by atoms with van der Waals surface area (Å²) in [4.78, 5) is 2.09. The second kappa shape index (κ2) is 11.7. The van der Waals surface area contributed by atoms with Crippen LogP contribution in [-0.4, -0.2) is 35.4 Å². The fraction of sp³-hybridized carbons (Fsp3) is 0.214. The van der Waals surface area contributed by atoms with E-state index in [1.807, 2.05) is 39.4 Å². The van der Waals surface area contributed by atoms with Crippen molar-refractivity contribution >= 4 is 35.7 Å². The SMILES string of the molecule is C.CNc1ccc(/C=C/c2cc(OC)c(/C=C/c3ccc(N(C)C)cc3)cc2OC)cc1. The van der Waals surface area contributed by atoms with Crippen molar-refractivity contribution in [2.75, 3.05) is 45.6 Å². The molecule has 3 aromatic carbocycles. The zero-order valence-corrected chi connectivity index (χ0v) is 18.8. The van der Waals surface area contributed by atoms with Crippen LogP contribution in [0.15, 0.2) is 60.7 Å². The summed E-state index contributed by atoms with van der Waals surface area (Å²) in [5.41, 5.74) is 6.43. The van der Waals surface area contributed by atoms with Gasteiger partial charge in [0, 0.05) is 43.6 Å². The third-order valence-electron chi connectivity index (χ3n) is 5.10. The van der Waals surface area contributed by atoms with Gasteiger partial charge in [-0.1, -0.05) is 56.0 Å². The highest BCUT2D eigenvalue weighted by molar-refractivity contribution is 5.79. The predicted molar refractivity (Wildman–Crippen MR) is 141 cm³/mol. The van der Waals surface area contributed by atoms with Gasteiger partial charge >= 0.3 is 0 Å². The molecule has 1 N–H and O–H groups in total. The molecule has 0 aliphatic rings. The molecule has 4 nitrogen and oxygen atoms in total. The summed E-state index contributed by atoms with van der Waals surface area (Å²) < 4.78 is 11.3. The zero-order chi connectivity index (χ0) is 22.2. The lowest BCUT2D eigenvalue weighted by Crippen LogP contribution is -2.07. The van der Waals surface area contributed by atoms with Crippen molar-refractivity contribution in [3.63, 3.8) is 0 Å². The lowest BCUT2D eigenvalue weighted by atomic mass is 10.0. The molecule has 0 fully saturated rings. The van der Waals surface area contributed by atoms with Crippen molar-refractivity contribution in [1.29, 1.82) is 0 Å². The summed E-state index contributed by atoms with van der Waals surface area (Å²) in [6.45, 7) is 0. The van der Waals surface area contributed by atoms with E-state index in [0.717, 1.165) is 39.4 Å². The van der Waals surface area contributed by atoms with Gasteiger partial charge in [-0.3, -0.25) is 0 Å². The highest BCUT2D eigenvalue weighted by Gasteiger charge is 2.08. The first-order valence-electron chi connectivity index (χ1n) is 10.2. The summed E-state index contributed by atoms with van der Waals surface area (Å²) in [5.74, 6) is 1.60. The van der Waals surface area contributed by atoms with Crippen molar-refractivity contribution in [1.82, 2.24) is 0 Å². The number of benzene rings is 3. The molecule has 0 radical (unpaired) electrons. The van der Waals surface area contributed by atoms with Crippen molar-refractivity contribution in [3.05, 3.63) is 82.9 Å². The minimum Gasteiger partial charge on any atom is -0.496 e. The maximum atomic E-state index is 5.65. The van der Waals surface area contributed by atoms with Gasteiger partial charge < -0.3 is 19.7 Å². The van der Waals surface area contributed by atoms with Gasteiger partial charge in [-0.2, -0.15) is 0 Å². The highest BCUT2D eigenvalue weighted by Crippen LogP contribution is 2.32. The zero-order valence-electron chi connectivity index (χ0n) is 18.8. The van der Waals surface area contributed by atoms with Crippen molar-refractivity contribution < 1.29 is 9.47 Å². The van der Waals surface area contributed by atoms with E-state index in [4.69, 9.17) is 9.47 Å². The second-order valence-corrected chi connectivity index (χ2v) is 7.36. The molecule has 168 valence electrons. The molecule has 0 bridgehead atoms. The van der Waals surface area contributed by atoms with E-state index in [9.17, 15) is 0 Å². The van der Waals surface area contributed by atoms with Gasteiger partial charge in [-0.05, 0) is 47.5 Å². The van der Waals surface area contributed by atoms with Crippen LogP contribution in [0.3, 0.4) is 0 Å². The quantitative estimate of drug-likeness (QED) is 0.399. The molecule has 0 saturated heterocycles. The fourth-order valence-electron chi connectivity index (χ4n) is 3.22. The van der Waals surface area contributed by atoms with Gasteiger partial charge in [0.25, 0.3) is 0 Å². The third-order valence-corrected chi connectivity index (χ3v) is 5.10. The van der Waals surface area contributed by atoms with Crippen LogP contribution in [0.5, 0.6) is 11.5 Å². The van der Waals surface area contributed by atoms with E-state index in [2.05, 4.69) is 77.0 Å². The molecule has 3 aromatic rings. The van der Waals surface area contributed by atoms with E-state index in [1.54, 1.807) is 14.2 Å². The molecule has 0 unspecified atom stereocenters. The maximum absolute atomic E-state index is 5.65. The Morgan fingerprint density at radius 3 is 1.50 bits per heavy atom. The van der Waals surface area contributed by atoms with Gasteiger partial charge in [-0.25, -0.2) is 0 Å². The summed E-state index contributed by atoms with van der Waals surface area (Å²) >= 11 is 0. The van der Waals surface area contributed by atoms with Crippen LogP contribution in [0.2, 0.25) is 0 Å². The predicted octanol–water partition coefficient (Wildman–Crippen LogP) is 6.79. The Morgan fingerprint density at radius 1 is 0.688 bits per heavy atom. The maximum Gasteiger partial charge on any atom is 0.126 e. The van der Waals surface area contributed by atoms with Gasteiger partial charge in [0.05, 0.1) is 14.2 Å². The van der Waals surface area contributed by atoms with E-state index in [0.29, 0.717) is 0 Å². The highest BCUT2D eigenvalue weighted by atomic mass is 16.5. The molecule has 4 heteroatoms. The molecule has 0 heterocycles. The van der Waals surface area contributed by atoms with Crippen LogP contribution in [0.25, 0.3) is 24.3 Å². The van der Waals surface area contributed by atoms with Crippen LogP contribution in [-0.2, 0) is 0 Å². The lowest BCUT2D eigenvalue weighted by Gasteiger charge is -2.12. The summed E-state index contributed by atoms with van der Waals surface area (Å²) in [6.07, 6.45) is 8.24. The standard InChI is InChI=1S/C27H30N2O2.CH4/c1-28-24-14-8-20(9-15-24)6-12-22-18-27(31-5)23(19-26(22)30-4)13-7-21-10-16-25(17-11-21)29(2)3;/h6-19,28H,1-5H3;1H4/b12-6+,13-7+;. The van der Waals surface area contributed by atoms with E-state index in [1.165, 1.54) is 5.69 Å². The van der Waals surface area contributed by atoms with E-state index in [-0.39, 0.29) is 7.43 Å². The second-order valence-electron chi connectivity index (χ2n) is 7.36. The van der Waals surface area contributed by atoms with Crippen LogP contribution < -0.4 is 19.7 Å². The number of anilines is 2. The third kappa shape index (κ3) is 6.17. The Hall–Kier alpha value is -3.66. The molecule has 0 saturated carbocycles. The first-order chi connectivity index (χ1) is 15.0. The lowest BCUT2D eigenvalue weighted by molar-refractivity contribution is 0.401. The topological polar surface area (TPSA) is 33.7 Å². The number of methoxy groups -OCH3 is 2. The summed E-state index contributed by atoms with van der Waals surface area (Å²) in [7, 11) is 9.37. The first kappa shape index (κ1) is 24.6. The molecular weight excluding hydrogens is 396 g/mol. The average Bonchev–Trinajstić information content (AvgIpc) is 2.81. The monoisotopic (exact) mass is 430 g/mol. The molecule has 0 aliphatic heterocycles. The fourth-order valence-corrected chi connectivity index (χ4v) is 3.22. The Bertz CT molecular complexity index is 1050. The molecule has 0 aliphatic carbocycles. The Labute approximate surface area is 192 Å². The van der Waals surface area contributed by atoms with Crippen LogP contribution >= 0.6 is 0 Å². The van der Waals surface area contributed by atoms with Crippen LogP contribution in [0.4, 0.5) is 11.4 Å². The summed E-state index contributed by atoms with van der Waals surface area (Å²) in [5, 5.41) is 3.13. The number of hydrogen-bond acceptors (Lipinski definition) is 4. The number of nitrogens with one attached hydrogen (secondary N) is 1. The normalized spacial score (nSPS) is 10.8. The Kier molecular flexibility index (Phi) is 8.96. The van der Waals surface area contributed by atoms with Gasteiger partial charge in [0.2, 0.25) is 0 Å². The molecule has 0 atom stereocenters. The minimum atomic E-state index is 0. The van der Waals surface area contributed by atoms with Crippen molar-refractivity contribution in [2.45, 2.75) is 7.43 Å². The molecular formula is C28H34N2O2. The molecule has 32 heavy (non-hydrogen) atoms. The van der Waals surface area contributed by atoms with Gasteiger partial charge in [0.15, 0.2) is 0 Å². The summed E-state index contributed by atoms with van der Waals surface area (Å²) in [6, 6.07) is 20.7. The first-order valence-corrected chi connectivity index (χ1v) is 10.2. The van der Waals surface area contributed by atoms with Crippen molar-refractivity contribution in [3.8, 4) is 11.5 Å². The molecule has 0 amide bonds. The Balaban J connectivity index is 0.00000363. The molecule has 0 aromatic heterocycles. The Morgan fingerprint density at radius 2 is 1.12 bits per heavy atom. The largest absolute Gasteiger partial charge is 0.496 e. The van der Waals surface area contributed by atoms with Crippen LogP contribution in [0.1, 0.15) is 29.7 Å². The molecule has 3 rings (SSSR count). The number of nitrogens with zero attached hydrogens (tertiary/aromatic N) is 1. The van der Waals surface area contributed by atoms with E-state index >= 15 is 0 Å². The van der Waals surface area contributed by atoms with Crippen molar-refractivity contribution in [2.24, 2.45) is 0 Å². The van der Waals surface area contributed by atoms with Gasteiger partial charge in [-0.15, -0.1) is 0 Å².